The molecule has 4 heterocycles. The van der Waals surface area contributed by atoms with Gasteiger partial charge in [0.25, 0.3) is 5.91 Å². The summed E-state index contributed by atoms with van der Waals surface area (Å²) in [5, 5.41) is 7.39. The molecule has 0 radical (unpaired) electrons. The highest BCUT2D eigenvalue weighted by Crippen LogP contribution is 2.36. The van der Waals surface area contributed by atoms with E-state index in [1.807, 2.05) is 4.90 Å². The third-order valence-corrected chi connectivity index (χ3v) is 6.64. The monoisotopic (exact) mass is 424 g/mol. The molecule has 1 aromatic carbocycles. The number of amides is 1. The minimum Gasteiger partial charge on any atom is -0.487 e. The summed E-state index contributed by atoms with van der Waals surface area (Å²) >= 11 is 0. The second-order valence-corrected chi connectivity index (χ2v) is 9.66. The van der Waals surface area contributed by atoms with Gasteiger partial charge in [0.1, 0.15) is 11.4 Å². The molecule has 7 heteroatoms. The number of nitrogens with zero attached hydrogens (tertiary/aromatic N) is 3. The van der Waals surface area contributed by atoms with Gasteiger partial charge in [-0.15, -0.1) is 0 Å². The van der Waals surface area contributed by atoms with E-state index in [1.165, 1.54) is 11.1 Å². The SMILES string of the molecule is CC1(C)Cc2cc(CN3CCCC(c4[nH]ncc4C(=O)N4CCOCC4)C3)ccc2O1. The minimum atomic E-state index is -0.110. The number of carbonyl (C=O) groups is 1. The van der Waals surface area contributed by atoms with Gasteiger partial charge in [0.2, 0.25) is 0 Å². The van der Waals surface area contributed by atoms with Gasteiger partial charge < -0.3 is 14.4 Å². The van der Waals surface area contributed by atoms with Gasteiger partial charge in [0, 0.05) is 38.5 Å². The topological polar surface area (TPSA) is 70.7 Å². The average Bonchev–Trinajstić information content (AvgIpc) is 3.37. The lowest BCUT2D eigenvalue weighted by atomic mass is 9.91. The van der Waals surface area contributed by atoms with E-state index in [9.17, 15) is 4.79 Å². The van der Waals surface area contributed by atoms with Crippen molar-refractivity contribution in [3.63, 3.8) is 0 Å². The zero-order valence-electron chi connectivity index (χ0n) is 18.5. The lowest BCUT2D eigenvalue weighted by molar-refractivity contribution is 0.0301. The highest BCUT2D eigenvalue weighted by Gasteiger charge is 2.31. The van der Waals surface area contributed by atoms with Gasteiger partial charge in [-0.25, -0.2) is 0 Å². The molecule has 1 aromatic heterocycles. The predicted molar refractivity (Wildman–Crippen MR) is 117 cm³/mol. The molecule has 5 rings (SSSR count). The van der Waals surface area contributed by atoms with Gasteiger partial charge in [-0.2, -0.15) is 5.10 Å². The van der Waals surface area contributed by atoms with Crippen molar-refractivity contribution in [2.24, 2.45) is 0 Å². The van der Waals surface area contributed by atoms with E-state index < -0.39 is 0 Å². The Bertz CT molecular complexity index is 948. The number of likely N-dealkylation sites (tertiary alicyclic amines) is 1. The van der Waals surface area contributed by atoms with Crippen molar-refractivity contribution in [3.05, 3.63) is 46.8 Å². The number of hydrogen-bond donors (Lipinski definition) is 1. The van der Waals surface area contributed by atoms with E-state index in [0.717, 1.165) is 55.9 Å². The van der Waals surface area contributed by atoms with Crippen LogP contribution in [0.2, 0.25) is 0 Å². The van der Waals surface area contributed by atoms with Crippen LogP contribution in [0.1, 0.15) is 59.8 Å². The van der Waals surface area contributed by atoms with E-state index in [4.69, 9.17) is 9.47 Å². The molecule has 166 valence electrons. The van der Waals surface area contributed by atoms with Crippen LogP contribution in [0, 0.1) is 0 Å². The summed E-state index contributed by atoms with van der Waals surface area (Å²) in [6.45, 7) is 9.74. The molecule has 2 fully saturated rings. The summed E-state index contributed by atoms with van der Waals surface area (Å²) in [4.78, 5) is 17.4. The molecule has 1 atom stereocenters. The summed E-state index contributed by atoms with van der Waals surface area (Å²) in [6, 6.07) is 6.61. The van der Waals surface area contributed by atoms with E-state index in [-0.39, 0.29) is 11.5 Å². The molecule has 1 unspecified atom stereocenters. The number of fused-ring (bicyclic) bond motifs is 1. The van der Waals surface area contributed by atoms with Crippen LogP contribution in [-0.4, -0.2) is 70.9 Å². The number of ether oxygens (including phenoxy) is 2. The van der Waals surface area contributed by atoms with E-state index in [2.05, 4.69) is 47.1 Å². The van der Waals surface area contributed by atoms with Crippen LogP contribution in [0.3, 0.4) is 0 Å². The fourth-order valence-electron chi connectivity index (χ4n) is 5.17. The molecule has 0 aliphatic carbocycles. The molecule has 2 saturated heterocycles. The summed E-state index contributed by atoms with van der Waals surface area (Å²) in [6.07, 6.45) is 4.86. The Labute approximate surface area is 183 Å². The zero-order valence-corrected chi connectivity index (χ0v) is 18.5. The van der Waals surface area contributed by atoms with Gasteiger partial charge in [-0.1, -0.05) is 12.1 Å². The molecule has 0 spiro atoms. The first-order valence-electron chi connectivity index (χ1n) is 11.4. The fourth-order valence-corrected chi connectivity index (χ4v) is 5.17. The lowest BCUT2D eigenvalue weighted by Gasteiger charge is -2.33. The maximum Gasteiger partial charge on any atom is 0.257 e. The van der Waals surface area contributed by atoms with Crippen LogP contribution in [0.15, 0.2) is 24.4 Å². The number of benzene rings is 1. The molecule has 3 aliphatic rings. The number of morpholine rings is 1. The van der Waals surface area contributed by atoms with Crippen LogP contribution in [0.5, 0.6) is 5.75 Å². The van der Waals surface area contributed by atoms with E-state index in [1.54, 1.807) is 6.20 Å². The van der Waals surface area contributed by atoms with Crippen molar-refractivity contribution in [1.29, 1.82) is 0 Å². The molecular weight excluding hydrogens is 392 g/mol. The van der Waals surface area contributed by atoms with Gasteiger partial charge in [-0.3, -0.25) is 14.8 Å². The Hall–Kier alpha value is -2.38. The van der Waals surface area contributed by atoms with Gasteiger partial charge in [0.15, 0.2) is 0 Å². The number of rotatable bonds is 4. The Morgan fingerprint density at radius 2 is 2.10 bits per heavy atom. The van der Waals surface area contributed by atoms with E-state index in [0.29, 0.717) is 32.2 Å². The quantitative estimate of drug-likeness (QED) is 0.817. The Kier molecular flexibility index (Phi) is 5.48. The van der Waals surface area contributed by atoms with Crippen molar-refractivity contribution in [2.75, 3.05) is 39.4 Å². The minimum absolute atomic E-state index is 0.0745. The second kappa shape index (κ2) is 8.28. The summed E-state index contributed by atoms with van der Waals surface area (Å²) in [5.74, 6) is 1.40. The summed E-state index contributed by atoms with van der Waals surface area (Å²) in [5.41, 5.74) is 4.25. The first-order chi connectivity index (χ1) is 15.0. The molecular formula is C24H32N4O3. The lowest BCUT2D eigenvalue weighted by Crippen LogP contribution is -2.41. The molecule has 2 aromatic rings. The Morgan fingerprint density at radius 3 is 2.94 bits per heavy atom. The standard InChI is InChI=1S/C24H32N4O3/c1-24(2)13-19-12-17(5-6-21(19)31-24)15-27-7-3-4-18(16-27)22-20(14-25-26-22)23(29)28-8-10-30-11-9-28/h5-6,12,14,18H,3-4,7-11,13,15-16H2,1-2H3,(H,25,26). The molecule has 1 N–H and O–H groups in total. The van der Waals surface area contributed by atoms with Crippen molar-refractivity contribution >= 4 is 5.91 Å². The number of aromatic amines is 1. The highest BCUT2D eigenvalue weighted by molar-refractivity contribution is 5.95. The number of aromatic nitrogens is 2. The van der Waals surface area contributed by atoms with Crippen molar-refractivity contribution in [2.45, 2.75) is 51.2 Å². The first-order valence-corrected chi connectivity index (χ1v) is 11.4. The maximum atomic E-state index is 13.0. The van der Waals surface area contributed by atoms with E-state index >= 15 is 0 Å². The molecule has 0 bridgehead atoms. The second-order valence-electron chi connectivity index (χ2n) is 9.66. The molecule has 1 amide bonds. The molecule has 0 saturated carbocycles. The van der Waals surface area contributed by atoms with Crippen molar-refractivity contribution < 1.29 is 14.3 Å². The average molecular weight is 425 g/mol. The van der Waals surface area contributed by atoms with Crippen LogP contribution in [-0.2, 0) is 17.7 Å². The first kappa shape index (κ1) is 20.5. The Balaban J connectivity index is 1.27. The number of carbonyl (C=O) groups excluding carboxylic acids is 1. The largest absolute Gasteiger partial charge is 0.487 e. The number of nitrogens with one attached hydrogen (secondary N) is 1. The predicted octanol–water partition coefficient (Wildman–Crippen LogP) is 2.98. The van der Waals surface area contributed by atoms with Crippen LogP contribution in [0.25, 0.3) is 0 Å². The molecule has 3 aliphatic heterocycles. The zero-order chi connectivity index (χ0) is 21.4. The number of hydrogen-bond acceptors (Lipinski definition) is 5. The van der Waals surface area contributed by atoms with Gasteiger partial charge >= 0.3 is 0 Å². The normalized spacial score (nSPS) is 23.4. The van der Waals surface area contributed by atoms with Crippen LogP contribution < -0.4 is 4.74 Å². The third kappa shape index (κ3) is 4.34. The van der Waals surface area contributed by atoms with Gasteiger partial charge in [-0.05, 0) is 50.4 Å². The Morgan fingerprint density at radius 1 is 1.26 bits per heavy atom. The fraction of sp³-hybridized carbons (Fsp3) is 0.583. The number of piperidine rings is 1. The van der Waals surface area contributed by atoms with Gasteiger partial charge in [0.05, 0.1) is 30.7 Å². The highest BCUT2D eigenvalue weighted by atomic mass is 16.5. The van der Waals surface area contributed by atoms with Crippen LogP contribution in [0.4, 0.5) is 0 Å². The van der Waals surface area contributed by atoms with Crippen molar-refractivity contribution in [1.82, 2.24) is 20.0 Å². The smallest absolute Gasteiger partial charge is 0.257 e. The summed E-state index contributed by atoms with van der Waals surface area (Å²) < 4.78 is 11.4. The third-order valence-electron chi connectivity index (χ3n) is 6.64. The maximum absolute atomic E-state index is 13.0. The molecule has 31 heavy (non-hydrogen) atoms. The molecule has 7 nitrogen and oxygen atoms in total. The van der Waals surface area contributed by atoms with Crippen molar-refractivity contribution in [3.8, 4) is 5.75 Å². The number of H-pyrrole nitrogens is 1. The van der Waals surface area contributed by atoms with Crippen LogP contribution >= 0.6 is 0 Å². The summed E-state index contributed by atoms with van der Waals surface area (Å²) in [7, 11) is 0.